The van der Waals surface area contributed by atoms with Crippen molar-refractivity contribution in [1.82, 2.24) is 19.8 Å². The zero-order valence-electron chi connectivity index (χ0n) is 12.6. The first kappa shape index (κ1) is 14.6. The monoisotopic (exact) mass is 302 g/mol. The number of rotatable bonds is 5. The van der Waals surface area contributed by atoms with E-state index >= 15 is 0 Å². The van der Waals surface area contributed by atoms with Crippen LogP contribution in [0.4, 0.5) is 0 Å². The summed E-state index contributed by atoms with van der Waals surface area (Å²) in [6, 6.07) is 4.72. The summed E-state index contributed by atoms with van der Waals surface area (Å²) in [5.41, 5.74) is 1.34. The summed E-state index contributed by atoms with van der Waals surface area (Å²) in [7, 11) is 4.42. The number of pyridine rings is 1. The molecule has 2 aromatic heterocycles. The maximum absolute atomic E-state index is 4.38. The molecule has 0 unspecified atom stereocenters. The molecule has 21 heavy (non-hydrogen) atoms. The molecule has 0 aromatic carbocycles. The molecule has 2 atom stereocenters. The Morgan fingerprint density at radius 1 is 1.43 bits per heavy atom. The smallest absolute Gasteiger partial charge is 0.107 e. The van der Waals surface area contributed by atoms with Crippen molar-refractivity contribution >= 4 is 11.3 Å². The summed E-state index contributed by atoms with van der Waals surface area (Å²) in [5, 5.41) is 3.24. The zero-order valence-corrected chi connectivity index (χ0v) is 13.5. The molecule has 0 saturated carbocycles. The highest BCUT2D eigenvalue weighted by Gasteiger charge is 2.33. The summed E-state index contributed by atoms with van der Waals surface area (Å²) >= 11 is 1.73. The summed E-state index contributed by atoms with van der Waals surface area (Å²) in [6.45, 7) is 3.20. The van der Waals surface area contributed by atoms with Crippen LogP contribution in [0.5, 0.6) is 0 Å². The van der Waals surface area contributed by atoms with Crippen molar-refractivity contribution in [3.8, 4) is 0 Å². The molecule has 4 nitrogen and oxygen atoms in total. The van der Waals surface area contributed by atoms with Crippen LogP contribution in [0.3, 0.4) is 0 Å². The molecule has 0 amide bonds. The van der Waals surface area contributed by atoms with Crippen LogP contribution in [-0.4, -0.2) is 47.0 Å². The first-order valence-corrected chi connectivity index (χ1v) is 8.29. The van der Waals surface area contributed by atoms with Crippen molar-refractivity contribution in [3.63, 3.8) is 0 Å². The van der Waals surface area contributed by atoms with Gasteiger partial charge < -0.3 is 0 Å². The minimum atomic E-state index is 0.484. The van der Waals surface area contributed by atoms with E-state index in [2.05, 4.69) is 39.9 Å². The predicted octanol–water partition coefficient (Wildman–Crippen LogP) is 2.66. The minimum Gasteiger partial charge on any atom is -0.299 e. The quantitative estimate of drug-likeness (QED) is 0.850. The van der Waals surface area contributed by atoms with Crippen LogP contribution < -0.4 is 0 Å². The lowest BCUT2D eigenvalue weighted by Crippen LogP contribution is -2.29. The van der Waals surface area contributed by atoms with Gasteiger partial charge in [0.2, 0.25) is 0 Å². The second-order valence-corrected chi connectivity index (χ2v) is 6.86. The third-order valence-electron chi connectivity index (χ3n) is 4.23. The van der Waals surface area contributed by atoms with Crippen molar-refractivity contribution in [3.05, 3.63) is 46.7 Å². The van der Waals surface area contributed by atoms with Gasteiger partial charge in [-0.3, -0.25) is 14.8 Å². The zero-order chi connectivity index (χ0) is 14.7. The Morgan fingerprint density at radius 3 is 3.05 bits per heavy atom. The van der Waals surface area contributed by atoms with Crippen LogP contribution in [0.25, 0.3) is 0 Å². The average Bonchev–Trinajstić information content (AvgIpc) is 3.10. The molecule has 1 saturated heterocycles. The lowest BCUT2D eigenvalue weighted by atomic mass is 9.94. The molecule has 1 fully saturated rings. The fourth-order valence-corrected chi connectivity index (χ4v) is 4.02. The van der Waals surface area contributed by atoms with Crippen LogP contribution in [0, 0.1) is 5.92 Å². The normalized spacial score (nSPS) is 23.0. The summed E-state index contributed by atoms with van der Waals surface area (Å²) in [5.74, 6) is 0.657. The van der Waals surface area contributed by atoms with E-state index in [1.165, 1.54) is 17.0 Å². The van der Waals surface area contributed by atoms with Gasteiger partial charge in [0.05, 0.1) is 6.54 Å². The molecule has 0 aliphatic carbocycles. The molecule has 112 valence electrons. The second kappa shape index (κ2) is 6.64. The first-order chi connectivity index (χ1) is 10.2. The van der Waals surface area contributed by atoms with Crippen LogP contribution >= 0.6 is 11.3 Å². The minimum absolute atomic E-state index is 0.484. The number of hydrogen-bond donors (Lipinski definition) is 0. The van der Waals surface area contributed by atoms with Gasteiger partial charge in [-0.15, -0.1) is 11.3 Å². The van der Waals surface area contributed by atoms with E-state index in [0.29, 0.717) is 12.0 Å². The van der Waals surface area contributed by atoms with Gasteiger partial charge in [-0.2, -0.15) is 0 Å². The Balaban J connectivity index is 1.66. The van der Waals surface area contributed by atoms with Gasteiger partial charge in [0.1, 0.15) is 5.01 Å². The predicted molar refractivity (Wildman–Crippen MR) is 86.2 cm³/mol. The molecule has 0 N–H and O–H groups in total. The maximum Gasteiger partial charge on any atom is 0.107 e. The third kappa shape index (κ3) is 3.48. The van der Waals surface area contributed by atoms with Gasteiger partial charge in [0, 0.05) is 36.6 Å². The van der Waals surface area contributed by atoms with Gasteiger partial charge in [-0.1, -0.05) is 6.07 Å². The molecule has 0 radical (unpaired) electrons. The Kier molecular flexibility index (Phi) is 4.63. The number of hydrogen-bond acceptors (Lipinski definition) is 5. The third-order valence-corrected chi connectivity index (χ3v) is 5.00. The average molecular weight is 302 g/mol. The number of nitrogens with zero attached hydrogens (tertiary/aromatic N) is 4. The lowest BCUT2D eigenvalue weighted by Gasteiger charge is -2.28. The Hall–Kier alpha value is -1.30. The van der Waals surface area contributed by atoms with Crippen molar-refractivity contribution < 1.29 is 0 Å². The van der Waals surface area contributed by atoms with Gasteiger partial charge in [0.15, 0.2) is 0 Å². The number of thiazole rings is 1. The fourth-order valence-electron chi connectivity index (χ4n) is 3.32. The second-order valence-electron chi connectivity index (χ2n) is 5.88. The molecule has 5 heteroatoms. The molecule has 1 aliphatic heterocycles. The van der Waals surface area contributed by atoms with Crippen LogP contribution in [0.15, 0.2) is 36.1 Å². The standard InChI is InChI=1S/C16H22N4S/c1-19(12-15-18-7-9-21-15)11-14-5-8-20(2)16(14)13-4-3-6-17-10-13/h3-4,6-7,9-10,14,16H,5,8,11-12H2,1-2H3/t14-,16-/m0/s1. The molecule has 0 spiro atoms. The molecular formula is C16H22N4S. The van der Waals surface area contributed by atoms with Crippen LogP contribution in [0.2, 0.25) is 0 Å². The van der Waals surface area contributed by atoms with Gasteiger partial charge in [0.25, 0.3) is 0 Å². The molecule has 1 aliphatic rings. The molecular weight excluding hydrogens is 280 g/mol. The molecule has 3 heterocycles. The topological polar surface area (TPSA) is 32.3 Å². The van der Waals surface area contributed by atoms with E-state index in [9.17, 15) is 0 Å². The van der Waals surface area contributed by atoms with Gasteiger partial charge >= 0.3 is 0 Å². The Bertz CT molecular complexity index is 543. The molecule has 3 rings (SSSR count). The van der Waals surface area contributed by atoms with E-state index in [0.717, 1.165) is 19.6 Å². The van der Waals surface area contributed by atoms with Crippen molar-refractivity contribution in [2.75, 3.05) is 27.2 Å². The SMILES string of the molecule is CN(Cc1nccs1)C[C@@H]1CCN(C)[C@H]1c1cccnc1. The first-order valence-electron chi connectivity index (χ1n) is 7.41. The van der Waals surface area contributed by atoms with E-state index in [1.807, 2.05) is 30.0 Å². The Labute approximate surface area is 130 Å². The van der Waals surface area contributed by atoms with E-state index in [-0.39, 0.29) is 0 Å². The summed E-state index contributed by atoms with van der Waals surface area (Å²) in [6.07, 6.45) is 7.00. The Morgan fingerprint density at radius 2 is 2.33 bits per heavy atom. The van der Waals surface area contributed by atoms with Crippen molar-refractivity contribution in [2.45, 2.75) is 19.0 Å². The maximum atomic E-state index is 4.38. The van der Waals surface area contributed by atoms with Gasteiger partial charge in [-0.05, 0) is 44.6 Å². The van der Waals surface area contributed by atoms with E-state index < -0.39 is 0 Å². The number of likely N-dealkylation sites (tertiary alicyclic amines) is 1. The highest BCUT2D eigenvalue weighted by Crippen LogP contribution is 2.36. The summed E-state index contributed by atoms with van der Waals surface area (Å²) < 4.78 is 0. The van der Waals surface area contributed by atoms with Gasteiger partial charge in [-0.25, -0.2) is 4.98 Å². The van der Waals surface area contributed by atoms with Crippen molar-refractivity contribution in [2.24, 2.45) is 5.92 Å². The van der Waals surface area contributed by atoms with Crippen molar-refractivity contribution in [1.29, 1.82) is 0 Å². The molecule has 0 bridgehead atoms. The highest BCUT2D eigenvalue weighted by atomic mass is 32.1. The lowest BCUT2D eigenvalue weighted by molar-refractivity contribution is 0.213. The summed E-state index contributed by atoms with van der Waals surface area (Å²) in [4.78, 5) is 13.5. The van der Waals surface area contributed by atoms with E-state index in [4.69, 9.17) is 0 Å². The number of aromatic nitrogens is 2. The van der Waals surface area contributed by atoms with E-state index in [1.54, 1.807) is 11.3 Å². The molecule has 2 aromatic rings. The highest BCUT2D eigenvalue weighted by molar-refractivity contribution is 7.09. The fraction of sp³-hybridized carbons (Fsp3) is 0.500. The largest absolute Gasteiger partial charge is 0.299 e. The van der Waals surface area contributed by atoms with Crippen LogP contribution in [-0.2, 0) is 6.54 Å². The van der Waals surface area contributed by atoms with Crippen LogP contribution in [0.1, 0.15) is 23.0 Å².